The van der Waals surface area contributed by atoms with Crippen LogP contribution in [0.1, 0.15) is 36.0 Å². The summed E-state index contributed by atoms with van der Waals surface area (Å²) >= 11 is 0. The van der Waals surface area contributed by atoms with Gasteiger partial charge in [0, 0.05) is 12.2 Å². The lowest BCUT2D eigenvalue weighted by molar-refractivity contribution is 0.0901. The Bertz CT molecular complexity index is 752. The summed E-state index contributed by atoms with van der Waals surface area (Å²) in [7, 11) is 0. The quantitative estimate of drug-likeness (QED) is 0.793. The largest absolute Gasteiger partial charge is 0.345 e. The van der Waals surface area contributed by atoms with Crippen LogP contribution in [0.3, 0.4) is 0 Å². The monoisotopic (exact) mass is 347 g/mol. The smallest absolute Gasteiger partial charge is 0.261 e. The first-order valence-electron chi connectivity index (χ1n) is 7.95. The van der Waals surface area contributed by atoms with Gasteiger partial charge in [-0.1, -0.05) is 43.2 Å². The van der Waals surface area contributed by atoms with Crippen molar-refractivity contribution < 1.29 is 4.79 Å². The maximum absolute atomic E-state index is 12.4. The van der Waals surface area contributed by atoms with E-state index in [0.29, 0.717) is 12.2 Å². The van der Waals surface area contributed by atoms with Gasteiger partial charge in [-0.15, -0.1) is 12.4 Å². The fraction of sp³-hybridized carbons (Fsp3) is 0.333. The fourth-order valence-electron chi connectivity index (χ4n) is 3.18. The summed E-state index contributed by atoms with van der Waals surface area (Å²) in [5, 5.41) is 2.97. The summed E-state index contributed by atoms with van der Waals surface area (Å²) in [5.74, 6) is -0.349. The first kappa shape index (κ1) is 18.2. The molecule has 1 saturated carbocycles. The zero-order valence-corrected chi connectivity index (χ0v) is 14.2. The summed E-state index contributed by atoms with van der Waals surface area (Å²) in [5.41, 5.74) is 6.83. The Morgan fingerprint density at radius 3 is 2.38 bits per heavy atom. The van der Waals surface area contributed by atoms with Crippen molar-refractivity contribution in [1.82, 2.24) is 10.3 Å². The third-order valence-corrected chi connectivity index (χ3v) is 4.57. The van der Waals surface area contributed by atoms with Gasteiger partial charge in [0.15, 0.2) is 0 Å². The Morgan fingerprint density at radius 2 is 1.79 bits per heavy atom. The lowest BCUT2D eigenvalue weighted by Crippen LogP contribution is -2.52. The van der Waals surface area contributed by atoms with E-state index in [1.165, 1.54) is 0 Å². The van der Waals surface area contributed by atoms with E-state index in [1.807, 2.05) is 30.3 Å². The van der Waals surface area contributed by atoms with Gasteiger partial charge in [0.05, 0.1) is 5.54 Å². The van der Waals surface area contributed by atoms with Gasteiger partial charge in [-0.3, -0.25) is 9.59 Å². The number of carbonyl (C=O) groups excluding carboxylic acids is 1. The maximum Gasteiger partial charge on any atom is 0.261 e. The summed E-state index contributed by atoms with van der Waals surface area (Å²) < 4.78 is 0. The Labute approximate surface area is 147 Å². The average Bonchev–Trinajstić information content (AvgIpc) is 3.04. The number of halogens is 1. The highest BCUT2D eigenvalue weighted by atomic mass is 35.5. The molecular formula is C18H22ClN3O2. The molecule has 0 aliphatic heterocycles. The van der Waals surface area contributed by atoms with Gasteiger partial charge in [0.2, 0.25) is 0 Å². The molecule has 1 amide bonds. The molecule has 128 valence electrons. The van der Waals surface area contributed by atoms with E-state index in [4.69, 9.17) is 5.73 Å². The minimum absolute atomic E-state index is 0. The third kappa shape index (κ3) is 3.68. The Kier molecular flexibility index (Phi) is 5.80. The van der Waals surface area contributed by atoms with E-state index in [0.717, 1.165) is 31.2 Å². The minimum atomic E-state index is -0.381. The summed E-state index contributed by atoms with van der Waals surface area (Å²) in [6.45, 7) is 0.402. The van der Waals surface area contributed by atoms with Gasteiger partial charge in [-0.05, 0) is 30.5 Å². The summed E-state index contributed by atoms with van der Waals surface area (Å²) in [6, 6.07) is 12.9. The van der Waals surface area contributed by atoms with Crippen molar-refractivity contribution in [2.75, 3.05) is 6.54 Å². The number of hydrogen-bond donors (Lipinski definition) is 3. The first-order valence-corrected chi connectivity index (χ1v) is 7.95. The second kappa shape index (κ2) is 7.64. The van der Waals surface area contributed by atoms with E-state index >= 15 is 0 Å². The lowest BCUT2D eigenvalue weighted by Gasteiger charge is -2.28. The van der Waals surface area contributed by atoms with E-state index < -0.39 is 0 Å². The zero-order valence-electron chi connectivity index (χ0n) is 13.4. The number of carbonyl (C=O) groups is 1. The molecule has 0 radical (unpaired) electrons. The molecule has 0 spiro atoms. The minimum Gasteiger partial charge on any atom is -0.345 e. The normalized spacial score (nSPS) is 15.5. The molecule has 0 saturated heterocycles. The maximum atomic E-state index is 12.4. The first-order chi connectivity index (χ1) is 11.1. The number of benzene rings is 1. The van der Waals surface area contributed by atoms with Crippen LogP contribution in [0.25, 0.3) is 11.3 Å². The number of aromatic nitrogens is 1. The Balaban J connectivity index is 0.00000208. The predicted octanol–water partition coefficient (Wildman–Crippen LogP) is 2.46. The standard InChI is InChI=1S/C18H21N3O2.ClH/c19-12-18(10-4-5-11-18)21-17(23)14-8-9-15(20-16(14)22)13-6-2-1-3-7-13;/h1-3,6-9H,4-5,10-12,19H2,(H,20,22)(H,21,23);1H. The second-order valence-corrected chi connectivity index (χ2v) is 6.13. The molecule has 2 aromatic rings. The molecule has 1 aliphatic carbocycles. The molecule has 1 heterocycles. The molecular weight excluding hydrogens is 326 g/mol. The van der Waals surface area contributed by atoms with Crippen molar-refractivity contribution in [2.24, 2.45) is 5.73 Å². The molecule has 4 N–H and O–H groups in total. The SMILES string of the molecule is Cl.NCC1(NC(=O)c2ccc(-c3ccccc3)[nH]c2=O)CCCC1. The molecule has 0 bridgehead atoms. The predicted molar refractivity (Wildman–Crippen MR) is 97.5 cm³/mol. The van der Waals surface area contributed by atoms with Crippen molar-refractivity contribution in [2.45, 2.75) is 31.2 Å². The molecule has 0 atom stereocenters. The highest BCUT2D eigenvalue weighted by molar-refractivity contribution is 5.94. The van der Waals surface area contributed by atoms with Gasteiger partial charge in [0.1, 0.15) is 5.56 Å². The van der Waals surface area contributed by atoms with Gasteiger partial charge in [0.25, 0.3) is 11.5 Å². The van der Waals surface area contributed by atoms with Crippen LogP contribution in [-0.4, -0.2) is 23.0 Å². The molecule has 1 aromatic heterocycles. The van der Waals surface area contributed by atoms with Crippen LogP contribution in [0.5, 0.6) is 0 Å². The summed E-state index contributed by atoms with van der Waals surface area (Å²) in [4.78, 5) is 27.5. The average molecular weight is 348 g/mol. The molecule has 0 unspecified atom stereocenters. The van der Waals surface area contributed by atoms with Crippen LogP contribution in [0.4, 0.5) is 0 Å². The van der Waals surface area contributed by atoms with Crippen LogP contribution in [0.2, 0.25) is 0 Å². The number of hydrogen-bond acceptors (Lipinski definition) is 3. The van der Waals surface area contributed by atoms with Crippen LogP contribution in [0.15, 0.2) is 47.3 Å². The Hall–Kier alpha value is -2.11. The van der Waals surface area contributed by atoms with Crippen LogP contribution in [-0.2, 0) is 0 Å². The number of nitrogens with one attached hydrogen (secondary N) is 2. The van der Waals surface area contributed by atoms with Gasteiger partial charge in [-0.2, -0.15) is 0 Å². The number of H-pyrrole nitrogens is 1. The number of pyridine rings is 1. The van der Waals surface area contributed by atoms with Crippen LogP contribution in [0, 0.1) is 0 Å². The van der Waals surface area contributed by atoms with Crippen molar-refractivity contribution in [3.63, 3.8) is 0 Å². The molecule has 3 rings (SSSR count). The van der Waals surface area contributed by atoms with E-state index in [1.54, 1.807) is 12.1 Å². The number of nitrogens with two attached hydrogens (primary N) is 1. The van der Waals surface area contributed by atoms with Gasteiger partial charge in [-0.25, -0.2) is 0 Å². The highest BCUT2D eigenvalue weighted by Crippen LogP contribution is 2.28. The zero-order chi connectivity index (χ0) is 16.3. The fourth-order valence-corrected chi connectivity index (χ4v) is 3.18. The number of amides is 1. The van der Waals surface area contributed by atoms with Crippen molar-refractivity contribution in [1.29, 1.82) is 0 Å². The van der Waals surface area contributed by atoms with E-state index in [-0.39, 0.29) is 35.0 Å². The molecule has 1 aliphatic rings. The number of rotatable bonds is 4. The van der Waals surface area contributed by atoms with Gasteiger partial charge < -0.3 is 16.0 Å². The molecule has 24 heavy (non-hydrogen) atoms. The van der Waals surface area contributed by atoms with Gasteiger partial charge >= 0.3 is 0 Å². The van der Waals surface area contributed by atoms with Crippen molar-refractivity contribution in [3.05, 3.63) is 58.4 Å². The van der Waals surface area contributed by atoms with E-state index in [2.05, 4.69) is 10.3 Å². The molecule has 1 fully saturated rings. The summed E-state index contributed by atoms with van der Waals surface area (Å²) in [6.07, 6.45) is 3.85. The second-order valence-electron chi connectivity index (χ2n) is 6.13. The number of aromatic amines is 1. The van der Waals surface area contributed by atoms with Crippen LogP contribution < -0.4 is 16.6 Å². The van der Waals surface area contributed by atoms with Crippen molar-refractivity contribution in [3.8, 4) is 11.3 Å². The topological polar surface area (TPSA) is 88.0 Å². The van der Waals surface area contributed by atoms with Crippen LogP contribution >= 0.6 is 12.4 Å². The highest BCUT2D eigenvalue weighted by Gasteiger charge is 2.34. The van der Waals surface area contributed by atoms with E-state index in [9.17, 15) is 9.59 Å². The molecule has 6 heteroatoms. The lowest BCUT2D eigenvalue weighted by atomic mass is 9.97. The Morgan fingerprint density at radius 1 is 1.12 bits per heavy atom. The molecule has 1 aromatic carbocycles. The molecule has 5 nitrogen and oxygen atoms in total. The third-order valence-electron chi connectivity index (χ3n) is 4.57. The van der Waals surface area contributed by atoms with Crippen molar-refractivity contribution >= 4 is 18.3 Å².